The maximum Gasteiger partial charge on any atom is 0.0556 e. The summed E-state index contributed by atoms with van der Waals surface area (Å²) < 4.78 is 0. The molecule has 2 nitrogen and oxygen atoms in total. The molecule has 0 spiro atoms. The van der Waals surface area contributed by atoms with Crippen LogP contribution in [0, 0.1) is 11.8 Å². The molecule has 0 radical (unpaired) electrons. The molecular weight excluding hydrogens is 126 g/mol. The predicted molar refractivity (Wildman–Crippen MR) is 39.7 cm³/mol. The van der Waals surface area contributed by atoms with Gasteiger partial charge >= 0.3 is 0 Å². The van der Waals surface area contributed by atoms with E-state index in [1.807, 2.05) is 0 Å². The second kappa shape index (κ2) is 2.51. The molecule has 3 atom stereocenters. The molecule has 3 unspecified atom stereocenters. The van der Waals surface area contributed by atoms with E-state index in [4.69, 9.17) is 5.11 Å². The van der Waals surface area contributed by atoms with Gasteiger partial charge in [-0.25, -0.2) is 0 Å². The Labute approximate surface area is 61.6 Å². The molecule has 2 aliphatic rings. The van der Waals surface area contributed by atoms with Gasteiger partial charge in [-0.1, -0.05) is 0 Å². The van der Waals surface area contributed by atoms with Crippen LogP contribution in [0.4, 0.5) is 0 Å². The fourth-order valence-electron chi connectivity index (χ4n) is 2.21. The Hall–Kier alpha value is -0.0800. The molecule has 2 saturated carbocycles. The smallest absolute Gasteiger partial charge is 0.0556 e. The summed E-state index contributed by atoms with van der Waals surface area (Å²) in [5, 5.41) is 11.9. The van der Waals surface area contributed by atoms with Crippen LogP contribution in [0.25, 0.3) is 0 Å². The van der Waals surface area contributed by atoms with Crippen LogP contribution in [0.5, 0.6) is 0 Å². The summed E-state index contributed by atoms with van der Waals surface area (Å²) in [6, 6.07) is 0.747. The van der Waals surface area contributed by atoms with E-state index in [0.29, 0.717) is 0 Å². The first-order valence-electron chi connectivity index (χ1n) is 4.26. The maximum atomic E-state index is 8.56. The van der Waals surface area contributed by atoms with Gasteiger partial charge in [0.1, 0.15) is 0 Å². The molecule has 2 fully saturated rings. The molecule has 0 aromatic heterocycles. The number of aliphatic hydroxyl groups excluding tert-OH is 1. The first-order valence-corrected chi connectivity index (χ1v) is 4.26. The van der Waals surface area contributed by atoms with Crippen LogP contribution < -0.4 is 5.32 Å². The lowest BCUT2D eigenvalue weighted by Crippen LogP contribution is -2.31. The Kier molecular flexibility index (Phi) is 1.66. The zero-order valence-electron chi connectivity index (χ0n) is 6.21. The highest BCUT2D eigenvalue weighted by molar-refractivity contribution is 5.01. The zero-order chi connectivity index (χ0) is 6.97. The fraction of sp³-hybridized carbons (Fsp3) is 1.00. The van der Waals surface area contributed by atoms with Crippen molar-refractivity contribution in [2.45, 2.75) is 25.3 Å². The van der Waals surface area contributed by atoms with Crippen molar-refractivity contribution in [3.63, 3.8) is 0 Å². The van der Waals surface area contributed by atoms with Crippen LogP contribution in [-0.2, 0) is 0 Å². The lowest BCUT2D eigenvalue weighted by atomic mass is 10.2. The van der Waals surface area contributed by atoms with Gasteiger partial charge in [-0.3, -0.25) is 0 Å². The van der Waals surface area contributed by atoms with Crippen molar-refractivity contribution in [2.75, 3.05) is 13.2 Å². The Balaban J connectivity index is 1.72. The lowest BCUT2D eigenvalue weighted by molar-refractivity contribution is 0.281. The topological polar surface area (TPSA) is 32.3 Å². The monoisotopic (exact) mass is 141 g/mol. The Morgan fingerprint density at radius 2 is 2.30 bits per heavy atom. The molecule has 0 aromatic carbocycles. The van der Waals surface area contributed by atoms with E-state index in [-0.39, 0.29) is 6.61 Å². The minimum Gasteiger partial charge on any atom is -0.395 e. The second-order valence-electron chi connectivity index (χ2n) is 3.52. The zero-order valence-corrected chi connectivity index (χ0v) is 6.21. The highest BCUT2D eigenvalue weighted by Gasteiger charge is 2.47. The molecule has 0 aromatic rings. The standard InChI is InChI=1S/C8H15NO/c10-4-3-9-8-2-1-6-5-7(6)8/h6-10H,1-5H2. The summed E-state index contributed by atoms with van der Waals surface area (Å²) in [6.45, 7) is 1.07. The van der Waals surface area contributed by atoms with Gasteiger partial charge in [0.05, 0.1) is 6.61 Å². The Bertz CT molecular complexity index is 126. The van der Waals surface area contributed by atoms with E-state index in [1.165, 1.54) is 19.3 Å². The number of aliphatic hydroxyl groups is 1. The highest BCUT2D eigenvalue weighted by atomic mass is 16.3. The van der Waals surface area contributed by atoms with Crippen molar-refractivity contribution >= 4 is 0 Å². The quantitative estimate of drug-likeness (QED) is 0.595. The van der Waals surface area contributed by atoms with E-state index in [2.05, 4.69) is 5.32 Å². The largest absolute Gasteiger partial charge is 0.395 e. The third-order valence-corrected chi connectivity index (χ3v) is 2.86. The molecule has 2 aliphatic carbocycles. The van der Waals surface area contributed by atoms with Crippen molar-refractivity contribution in [1.29, 1.82) is 0 Å². The average molecular weight is 141 g/mol. The third kappa shape index (κ3) is 1.06. The van der Waals surface area contributed by atoms with E-state index in [1.54, 1.807) is 0 Å². The van der Waals surface area contributed by atoms with E-state index < -0.39 is 0 Å². The van der Waals surface area contributed by atoms with Gasteiger partial charge < -0.3 is 10.4 Å². The van der Waals surface area contributed by atoms with Crippen LogP contribution in [-0.4, -0.2) is 24.3 Å². The Morgan fingerprint density at radius 3 is 2.80 bits per heavy atom. The first-order chi connectivity index (χ1) is 4.92. The molecule has 2 N–H and O–H groups in total. The normalized spacial score (nSPS) is 43.5. The molecule has 0 heterocycles. The number of hydrogen-bond acceptors (Lipinski definition) is 2. The highest BCUT2D eigenvalue weighted by Crippen LogP contribution is 2.51. The van der Waals surface area contributed by atoms with Crippen LogP contribution in [0.2, 0.25) is 0 Å². The molecule has 2 heteroatoms. The van der Waals surface area contributed by atoms with Crippen molar-refractivity contribution in [1.82, 2.24) is 5.32 Å². The number of fused-ring (bicyclic) bond motifs is 1. The van der Waals surface area contributed by atoms with Gasteiger partial charge in [0.15, 0.2) is 0 Å². The molecule has 0 saturated heterocycles. The second-order valence-corrected chi connectivity index (χ2v) is 3.52. The summed E-state index contributed by atoms with van der Waals surface area (Å²) in [5.41, 5.74) is 0. The van der Waals surface area contributed by atoms with Gasteiger partial charge in [0, 0.05) is 12.6 Å². The molecule has 2 rings (SSSR count). The molecule has 0 aliphatic heterocycles. The minimum atomic E-state index is 0.286. The van der Waals surface area contributed by atoms with Crippen LogP contribution in [0.1, 0.15) is 19.3 Å². The summed E-state index contributed by atoms with van der Waals surface area (Å²) in [5.74, 6) is 2.03. The van der Waals surface area contributed by atoms with Gasteiger partial charge in [-0.05, 0) is 31.1 Å². The number of nitrogens with one attached hydrogen (secondary N) is 1. The molecule has 10 heavy (non-hydrogen) atoms. The van der Waals surface area contributed by atoms with Crippen molar-refractivity contribution in [3.8, 4) is 0 Å². The van der Waals surface area contributed by atoms with Gasteiger partial charge in [0.25, 0.3) is 0 Å². The van der Waals surface area contributed by atoms with Crippen LogP contribution in [0.3, 0.4) is 0 Å². The summed E-state index contributed by atoms with van der Waals surface area (Å²) in [7, 11) is 0. The summed E-state index contributed by atoms with van der Waals surface area (Å²) >= 11 is 0. The molecular formula is C8H15NO. The fourth-order valence-corrected chi connectivity index (χ4v) is 2.21. The van der Waals surface area contributed by atoms with Gasteiger partial charge in [0.2, 0.25) is 0 Å². The first kappa shape index (κ1) is 6.62. The summed E-state index contributed by atoms with van der Waals surface area (Å²) in [6.07, 6.45) is 4.21. The average Bonchev–Trinajstić information content (AvgIpc) is 2.63. The van der Waals surface area contributed by atoms with Gasteiger partial charge in [-0.15, -0.1) is 0 Å². The van der Waals surface area contributed by atoms with E-state index >= 15 is 0 Å². The Morgan fingerprint density at radius 1 is 1.40 bits per heavy atom. The molecule has 58 valence electrons. The third-order valence-electron chi connectivity index (χ3n) is 2.86. The van der Waals surface area contributed by atoms with E-state index in [0.717, 1.165) is 24.4 Å². The minimum absolute atomic E-state index is 0.286. The van der Waals surface area contributed by atoms with Gasteiger partial charge in [-0.2, -0.15) is 0 Å². The maximum absolute atomic E-state index is 8.56. The SMILES string of the molecule is OCCNC1CCC2CC21. The summed E-state index contributed by atoms with van der Waals surface area (Å²) in [4.78, 5) is 0. The number of rotatable bonds is 3. The van der Waals surface area contributed by atoms with Crippen molar-refractivity contribution in [3.05, 3.63) is 0 Å². The lowest BCUT2D eigenvalue weighted by Gasteiger charge is -2.11. The van der Waals surface area contributed by atoms with E-state index in [9.17, 15) is 0 Å². The predicted octanol–water partition coefficient (Wildman–Crippen LogP) is 0.367. The van der Waals surface area contributed by atoms with Crippen LogP contribution >= 0.6 is 0 Å². The molecule has 0 bridgehead atoms. The van der Waals surface area contributed by atoms with Crippen molar-refractivity contribution < 1.29 is 5.11 Å². The van der Waals surface area contributed by atoms with Crippen molar-refractivity contribution in [2.24, 2.45) is 11.8 Å². The molecule has 0 amide bonds. The van der Waals surface area contributed by atoms with Crippen LogP contribution in [0.15, 0.2) is 0 Å². The number of hydrogen-bond donors (Lipinski definition) is 2.